The zero-order valence-electron chi connectivity index (χ0n) is 19.5. The summed E-state index contributed by atoms with van der Waals surface area (Å²) in [6, 6.07) is 4.57. The number of rotatable bonds is 9. The summed E-state index contributed by atoms with van der Waals surface area (Å²) >= 11 is 0. The Morgan fingerprint density at radius 2 is 1.70 bits per heavy atom. The average molecular weight is 411 g/mol. The van der Waals surface area contributed by atoms with Crippen LogP contribution in [0.5, 0.6) is 5.75 Å². The summed E-state index contributed by atoms with van der Waals surface area (Å²) in [6.07, 6.45) is 14.7. The Hall–Kier alpha value is -2.29. The largest absolute Gasteiger partial charge is 0.493 e. The number of carboxylic acids is 1. The zero-order valence-corrected chi connectivity index (χ0v) is 19.5. The molecule has 0 atom stereocenters. The standard InChI is InChI=1S/C27H38O3/c1-7-8-11-16-30-24-19-23-22(26(3,4)14-15-27(23,5)6)18-21(24)13-10-9-12-20(2)17-25(28)29/h9-10,12-13,17-19H,7-8,11,14-16H2,1-6H3,(H,28,29)/b12-9+,13-10+,20-17+. The van der Waals surface area contributed by atoms with Crippen LogP contribution in [0.2, 0.25) is 0 Å². The van der Waals surface area contributed by atoms with Gasteiger partial charge in [-0.15, -0.1) is 0 Å². The molecule has 0 saturated carbocycles. The predicted octanol–water partition coefficient (Wildman–Crippen LogP) is 7.20. The minimum atomic E-state index is -0.927. The highest BCUT2D eigenvalue weighted by atomic mass is 16.5. The van der Waals surface area contributed by atoms with Crippen molar-refractivity contribution < 1.29 is 14.6 Å². The van der Waals surface area contributed by atoms with Gasteiger partial charge < -0.3 is 9.84 Å². The molecule has 3 nitrogen and oxygen atoms in total. The van der Waals surface area contributed by atoms with Gasteiger partial charge in [-0.25, -0.2) is 4.79 Å². The average Bonchev–Trinajstić information content (AvgIpc) is 2.66. The number of allylic oxidation sites excluding steroid dienone is 4. The number of carboxylic acid groups (broad SMARTS) is 1. The van der Waals surface area contributed by atoms with Crippen LogP contribution in [-0.2, 0) is 15.6 Å². The van der Waals surface area contributed by atoms with Crippen LogP contribution in [0, 0.1) is 0 Å². The van der Waals surface area contributed by atoms with Crippen molar-refractivity contribution in [3.63, 3.8) is 0 Å². The van der Waals surface area contributed by atoms with Crippen LogP contribution in [0.25, 0.3) is 6.08 Å². The van der Waals surface area contributed by atoms with E-state index >= 15 is 0 Å². The molecule has 1 aliphatic rings. The second-order valence-corrected chi connectivity index (χ2v) is 9.70. The van der Waals surface area contributed by atoms with Gasteiger partial charge in [0.1, 0.15) is 5.75 Å². The molecule has 0 fully saturated rings. The number of unbranched alkanes of at least 4 members (excludes halogenated alkanes) is 2. The summed E-state index contributed by atoms with van der Waals surface area (Å²) in [4.78, 5) is 10.8. The molecule has 30 heavy (non-hydrogen) atoms. The van der Waals surface area contributed by atoms with E-state index in [9.17, 15) is 4.79 Å². The first-order chi connectivity index (χ1) is 14.1. The molecule has 1 aromatic rings. The highest BCUT2D eigenvalue weighted by Gasteiger charge is 2.37. The topological polar surface area (TPSA) is 46.5 Å². The number of benzene rings is 1. The highest BCUT2D eigenvalue weighted by molar-refractivity contribution is 5.81. The van der Waals surface area contributed by atoms with Crippen molar-refractivity contribution in [2.24, 2.45) is 0 Å². The molecular weight excluding hydrogens is 372 g/mol. The van der Waals surface area contributed by atoms with E-state index in [0.717, 1.165) is 24.3 Å². The van der Waals surface area contributed by atoms with Crippen LogP contribution in [0.15, 0.2) is 42.0 Å². The Balaban J connectivity index is 2.39. The second-order valence-electron chi connectivity index (χ2n) is 9.70. The first kappa shape index (κ1) is 24.0. The molecule has 0 spiro atoms. The predicted molar refractivity (Wildman–Crippen MR) is 126 cm³/mol. The van der Waals surface area contributed by atoms with Crippen molar-refractivity contribution in [1.29, 1.82) is 0 Å². The van der Waals surface area contributed by atoms with Gasteiger partial charge in [0.15, 0.2) is 0 Å². The molecule has 1 aliphatic carbocycles. The third-order valence-corrected chi connectivity index (χ3v) is 6.09. The van der Waals surface area contributed by atoms with Gasteiger partial charge in [-0.05, 0) is 65.8 Å². The zero-order chi connectivity index (χ0) is 22.4. The minimum absolute atomic E-state index is 0.144. The molecule has 0 bridgehead atoms. The van der Waals surface area contributed by atoms with Crippen LogP contribution in [0.3, 0.4) is 0 Å². The van der Waals surface area contributed by atoms with Crippen LogP contribution < -0.4 is 4.74 Å². The molecule has 0 amide bonds. The van der Waals surface area contributed by atoms with E-state index in [-0.39, 0.29) is 10.8 Å². The van der Waals surface area contributed by atoms with Crippen LogP contribution in [0.1, 0.15) is 90.3 Å². The monoisotopic (exact) mass is 410 g/mol. The van der Waals surface area contributed by atoms with E-state index in [1.165, 1.54) is 42.9 Å². The Kier molecular flexibility index (Phi) is 8.11. The summed E-state index contributed by atoms with van der Waals surface area (Å²) in [6.45, 7) is 14.0. The molecule has 0 heterocycles. The number of fused-ring (bicyclic) bond motifs is 1. The Morgan fingerprint density at radius 1 is 1.07 bits per heavy atom. The van der Waals surface area contributed by atoms with Crippen molar-refractivity contribution in [1.82, 2.24) is 0 Å². The summed E-state index contributed by atoms with van der Waals surface area (Å²) < 4.78 is 6.23. The molecule has 0 radical (unpaired) electrons. The number of carbonyl (C=O) groups is 1. The third-order valence-electron chi connectivity index (χ3n) is 6.09. The van der Waals surface area contributed by atoms with Gasteiger partial charge in [-0.1, -0.05) is 71.8 Å². The van der Waals surface area contributed by atoms with Gasteiger partial charge >= 0.3 is 5.97 Å². The van der Waals surface area contributed by atoms with E-state index < -0.39 is 5.97 Å². The molecule has 0 saturated heterocycles. The molecule has 1 N–H and O–H groups in total. The van der Waals surface area contributed by atoms with Gasteiger partial charge in [0.2, 0.25) is 0 Å². The molecule has 0 unspecified atom stereocenters. The fourth-order valence-electron chi connectivity index (χ4n) is 4.01. The number of aliphatic carboxylic acids is 1. The maximum absolute atomic E-state index is 10.8. The first-order valence-corrected chi connectivity index (χ1v) is 11.1. The summed E-state index contributed by atoms with van der Waals surface area (Å²) in [5, 5.41) is 8.83. The van der Waals surface area contributed by atoms with E-state index in [1.54, 1.807) is 13.0 Å². The first-order valence-electron chi connectivity index (χ1n) is 11.1. The normalized spacial score (nSPS) is 18.0. The fourth-order valence-corrected chi connectivity index (χ4v) is 4.01. The lowest BCUT2D eigenvalue weighted by molar-refractivity contribution is -0.131. The van der Waals surface area contributed by atoms with Gasteiger partial charge in [0.25, 0.3) is 0 Å². The van der Waals surface area contributed by atoms with Crippen LogP contribution >= 0.6 is 0 Å². The molecule has 2 rings (SSSR count). The van der Waals surface area contributed by atoms with Crippen LogP contribution in [-0.4, -0.2) is 17.7 Å². The molecule has 0 aromatic heterocycles. The van der Waals surface area contributed by atoms with E-state index in [4.69, 9.17) is 9.84 Å². The highest BCUT2D eigenvalue weighted by Crippen LogP contribution is 2.47. The van der Waals surface area contributed by atoms with Crippen molar-refractivity contribution in [3.8, 4) is 5.75 Å². The van der Waals surface area contributed by atoms with Crippen molar-refractivity contribution in [3.05, 3.63) is 58.7 Å². The van der Waals surface area contributed by atoms with E-state index in [2.05, 4.69) is 52.8 Å². The molecule has 164 valence electrons. The summed E-state index contributed by atoms with van der Waals surface area (Å²) in [5.74, 6) is 0.0153. The number of hydrogen-bond acceptors (Lipinski definition) is 2. The second kappa shape index (κ2) is 10.1. The molecule has 0 aliphatic heterocycles. The lowest BCUT2D eigenvalue weighted by Gasteiger charge is -2.42. The van der Waals surface area contributed by atoms with Crippen molar-refractivity contribution in [2.45, 2.75) is 84.5 Å². The smallest absolute Gasteiger partial charge is 0.328 e. The number of ether oxygens (including phenoxy) is 1. The van der Waals surface area contributed by atoms with Crippen molar-refractivity contribution in [2.75, 3.05) is 6.61 Å². The van der Waals surface area contributed by atoms with Gasteiger partial charge in [0.05, 0.1) is 6.61 Å². The maximum Gasteiger partial charge on any atom is 0.328 e. The third kappa shape index (κ3) is 6.35. The maximum atomic E-state index is 10.8. The lowest BCUT2D eigenvalue weighted by atomic mass is 9.63. The van der Waals surface area contributed by atoms with Crippen molar-refractivity contribution >= 4 is 12.0 Å². The fraction of sp³-hybridized carbons (Fsp3) is 0.519. The molecule has 1 aromatic carbocycles. The van der Waals surface area contributed by atoms with Gasteiger partial charge in [-0.3, -0.25) is 0 Å². The Labute approximate surface area is 182 Å². The van der Waals surface area contributed by atoms with Crippen LogP contribution in [0.4, 0.5) is 0 Å². The van der Waals surface area contributed by atoms with E-state index in [1.807, 2.05) is 12.2 Å². The summed E-state index contributed by atoms with van der Waals surface area (Å²) in [5.41, 5.74) is 4.89. The quantitative estimate of drug-likeness (QED) is 0.266. The van der Waals surface area contributed by atoms with Gasteiger partial charge in [0, 0.05) is 11.6 Å². The minimum Gasteiger partial charge on any atom is -0.493 e. The molecular formula is C27H38O3. The van der Waals surface area contributed by atoms with Gasteiger partial charge in [-0.2, -0.15) is 0 Å². The van der Waals surface area contributed by atoms with E-state index in [0.29, 0.717) is 5.57 Å². The SMILES string of the molecule is CCCCCOc1cc2c(cc1/C=C/C=C/C(C)=C/C(=O)O)C(C)(C)CCC2(C)C. The molecule has 3 heteroatoms. The number of hydrogen-bond donors (Lipinski definition) is 1. The summed E-state index contributed by atoms with van der Waals surface area (Å²) in [7, 11) is 0. The lowest BCUT2D eigenvalue weighted by Crippen LogP contribution is -2.34. The Morgan fingerprint density at radius 3 is 2.30 bits per heavy atom. The Bertz CT molecular complexity index is 838.